The van der Waals surface area contributed by atoms with Gasteiger partial charge in [0.2, 0.25) is 0 Å². The van der Waals surface area contributed by atoms with E-state index in [4.69, 9.17) is 16.0 Å². The van der Waals surface area contributed by atoms with Gasteiger partial charge in [0.1, 0.15) is 0 Å². The number of furan rings is 1. The molecule has 0 saturated carbocycles. The van der Waals surface area contributed by atoms with E-state index in [0.29, 0.717) is 22.9 Å². The van der Waals surface area contributed by atoms with Crippen molar-refractivity contribution in [1.29, 1.82) is 0 Å². The summed E-state index contributed by atoms with van der Waals surface area (Å²) in [6, 6.07) is 13.9. The van der Waals surface area contributed by atoms with Crippen molar-refractivity contribution in [3.8, 4) is 0 Å². The van der Waals surface area contributed by atoms with Gasteiger partial charge in [-0.25, -0.2) is 0 Å². The fourth-order valence-corrected chi connectivity index (χ4v) is 4.00. The van der Waals surface area contributed by atoms with E-state index in [1.807, 2.05) is 25.1 Å². The second kappa shape index (κ2) is 8.57. The lowest BCUT2D eigenvalue weighted by Gasteiger charge is -2.32. The summed E-state index contributed by atoms with van der Waals surface area (Å²) in [5.74, 6) is 0.0981. The third-order valence-electron chi connectivity index (χ3n) is 5.57. The summed E-state index contributed by atoms with van der Waals surface area (Å²) in [4.78, 5) is 17.5. The standard InChI is InChI=1S/C23H26ClN3O2/c1-16-19-7-4-8-20(24)22(19)29-21(16)23(28)25-14-17-5-3-6-18(13-17)15-27-11-9-26(2)10-12-27/h3-8,13H,9-12,14-15H2,1-2H3,(H,25,28). The second-order valence-electron chi connectivity index (χ2n) is 7.75. The van der Waals surface area contributed by atoms with Crippen molar-refractivity contribution in [1.82, 2.24) is 15.1 Å². The lowest BCUT2D eigenvalue weighted by molar-refractivity contribution is 0.0924. The zero-order valence-electron chi connectivity index (χ0n) is 16.9. The molecule has 1 N–H and O–H groups in total. The van der Waals surface area contributed by atoms with Gasteiger partial charge >= 0.3 is 0 Å². The maximum absolute atomic E-state index is 12.7. The molecule has 0 spiro atoms. The molecule has 0 bridgehead atoms. The van der Waals surface area contributed by atoms with Gasteiger partial charge in [-0.2, -0.15) is 0 Å². The van der Waals surface area contributed by atoms with Crippen molar-refractivity contribution < 1.29 is 9.21 Å². The van der Waals surface area contributed by atoms with Crippen LogP contribution in [-0.2, 0) is 13.1 Å². The maximum Gasteiger partial charge on any atom is 0.287 e. The van der Waals surface area contributed by atoms with Crippen molar-refractivity contribution in [2.45, 2.75) is 20.0 Å². The number of piperazine rings is 1. The van der Waals surface area contributed by atoms with E-state index < -0.39 is 0 Å². The van der Waals surface area contributed by atoms with Crippen molar-refractivity contribution in [2.75, 3.05) is 33.2 Å². The predicted molar refractivity (Wildman–Crippen MR) is 116 cm³/mol. The monoisotopic (exact) mass is 411 g/mol. The molecule has 2 aromatic carbocycles. The van der Waals surface area contributed by atoms with Crippen LogP contribution in [0.15, 0.2) is 46.9 Å². The molecule has 0 aliphatic carbocycles. The first-order valence-electron chi connectivity index (χ1n) is 9.96. The number of nitrogens with zero attached hydrogens (tertiary/aromatic N) is 2. The van der Waals surface area contributed by atoms with Crippen LogP contribution in [0, 0.1) is 6.92 Å². The number of hydrogen-bond donors (Lipinski definition) is 1. The van der Waals surface area contributed by atoms with Gasteiger partial charge in [0.15, 0.2) is 11.3 Å². The average molecular weight is 412 g/mol. The number of halogens is 1. The number of aryl methyl sites for hydroxylation is 1. The van der Waals surface area contributed by atoms with Crippen LogP contribution >= 0.6 is 11.6 Å². The van der Waals surface area contributed by atoms with E-state index in [9.17, 15) is 4.79 Å². The summed E-state index contributed by atoms with van der Waals surface area (Å²) in [6.07, 6.45) is 0. The highest BCUT2D eigenvalue weighted by Crippen LogP contribution is 2.30. The molecule has 4 rings (SSSR count). The number of nitrogens with one attached hydrogen (secondary N) is 1. The number of amides is 1. The first-order chi connectivity index (χ1) is 14.0. The van der Waals surface area contributed by atoms with E-state index in [-0.39, 0.29) is 5.91 Å². The number of carbonyl (C=O) groups excluding carboxylic acids is 1. The van der Waals surface area contributed by atoms with Gasteiger partial charge in [-0.15, -0.1) is 0 Å². The number of likely N-dealkylation sites (N-methyl/N-ethyl adjacent to an activating group) is 1. The zero-order chi connectivity index (χ0) is 20.4. The Morgan fingerprint density at radius 2 is 1.83 bits per heavy atom. The molecule has 1 fully saturated rings. The van der Waals surface area contributed by atoms with Crippen LogP contribution in [0.5, 0.6) is 0 Å². The molecule has 0 unspecified atom stereocenters. The minimum absolute atomic E-state index is 0.223. The van der Waals surface area contributed by atoms with Gasteiger partial charge < -0.3 is 14.6 Å². The molecule has 1 amide bonds. The van der Waals surface area contributed by atoms with E-state index in [2.05, 4.69) is 40.4 Å². The van der Waals surface area contributed by atoms with Crippen molar-refractivity contribution >= 4 is 28.5 Å². The van der Waals surface area contributed by atoms with Gasteiger partial charge in [0.05, 0.1) is 5.02 Å². The molecular formula is C23H26ClN3O2. The van der Waals surface area contributed by atoms with Crippen LogP contribution in [0.1, 0.15) is 27.2 Å². The predicted octanol–water partition coefficient (Wildman–Crippen LogP) is 4.07. The molecule has 29 heavy (non-hydrogen) atoms. The summed E-state index contributed by atoms with van der Waals surface area (Å²) in [6.45, 7) is 7.67. The molecule has 1 saturated heterocycles. The Labute approximate surface area is 176 Å². The number of para-hydroxylation sites is 1. The van der Waals surface area contributed by atoms with Crippen LogP contribution in [0.2, 0.25) is 5.02 Å². The lowest BCUT2D eigenvalue weighted by atomic mass is 10.1. The lowest BCUT2D eigenvalue weighted by Crippen LogP contribution is -2.43. The molecule has 1 aromatic heterocycles. The van der Waals surface area contributed by atoms with E-state index in [1.165, 1.54) is 5.56 Å². The molecule has 0 atom stereocenters. The third kappa shape index (κ3) is 4.47. The SMILES string of the molecule is Cc1c(C(=O)NCc2cccc(CN3CCN(C)CC3)c2)oc2c(Cl)cccc12. The Bertz CT molecular complexity index is 1020. The van der Waals surface area contributed by atoms with Crippen LogP contribution in [0.3, 0.4) is 0 Å². The van der Waals surface area contributed by atoms with E-state index in [1.54, 1.807) is 6.07 Å². The largest absolute Gasteiger partial charge is 0.449 e. The average Bonchev–Trinajstić information content (AvgIpc) is 3.06. The number of benzene rings is 2. The number of carbonyl (C=O) groups is 1. The highest BCUT2D eigenvalue weighted by atomic mass is 35.5. The van der Waals surface area contributed by atoms with E-state index in [0.717, 1.165) is 49.2 Å². The normalized spacial score (nSPS) is 15.7. The molecular weight excluding hydrogens is 386 g/mol. The zero-order valence-corrected chi connectivity index (χ0v) is 17.6. The number of rotatable bonds is 5. The Balaban J connectivity index is 1.41. The smallest absolute Gasteiger partial charge is 0.287 e. The number of hydrogen-bond acceptors (Lipinski definition) is 4. The van der Waals surface area contributed by atoms with Crippen LogP contribution in [-0.4, -0.2) is 48.9 Å². The molecule has 2 heterocycles. The fourth-order valence-electron chi connectivity index (χ4n) is 3.79. The summed E-state index contributed by atoms with van der Waals surface area (Å²) in [7, 11) is 2.16. The molecule has 6 heteroatoms. The van der Waals surface area contributed by atoms with Gasteiger partial charge in [0.25, 0.3) is 5.91 Å². The maximum atomic E-state index is 12.7. The highest BCUT2D eigenvalue weighted by Gasteiger charge is 2.19. The number of fused-ring (bicyclic) bond motifs is 1. The molecule has 1 aliphatic rings. The topological polar surface area (TPSA) is 48.7 Å². The Hall–Kier alpha value is -2.34. The van der Waals surface area contributed by atoms with Gasteiger partial charge in [-0.3, -0.25) is 9.69 Å². The molecule has 0 radical (unpaired) electrons. The van der Waals surface area contributed by atoms with Gasteiger partial charge in [-0.1, -0.05) is 48.0 Å². The van der Waals surface area contributed by atoms with Crippen LogP contribution in [0.4, 0.5) is 0 Å². The summed E-state index contributed by atoms with van der Waals surface area (Å²) in [5, 5.41) is 4.36. The summed E-state index contributed by atoms with van der Waals surface area (Å²) < 4.78 is 5.76. The quantitative estimate of drug-likeness (QED) is 0.687. The van der Waals surface area contributed by atoms with Crippen molar-refractivity contribution in [3.63, 3.8) is 0 Å². The first-order valence-corrected chi connectivity index (χ1v) is 10.3. The summed E-state index contributed by atoms with van der Waals surface area (Å²) >= 11 is 6.19. The Kier molecular flexibility index (Phi) is 5.90. The van der Waals surface area contributed by atoms with Crippen molar-refractivity contribution in [3.05, 3.63) is 69.9 Å². The Morgan fingerprint density at radius 1 is 1.10 bits per heavy atom. The summed E-state index contributed by atoms with van der Waals surface area (Å²) in [5.41, 5.74) is 3.72. The van der Waals surface area contributed by atoms with E-state index >= 15 is 0 Å². The van der Waals surface area contributed by atoms with Crippen LogP contribution < -0.4 is 5.32 Å². The third-order valence-corrected chi connectivity index (χ3v) is 5.87. The molecule has 5 nitrogen and oxygen atoms in total. The first kappa shape index (κ1) is 20.0. The molecule has 1 aliphatic heterocycles. The fraction of sp³-hybridized carbons (Fsp3) is 0.348. The molecule has 3 aromatic rings. The molecule has 152 valence electrons. The van der Waals surface area contributed by atoms with Crippen molar-refractivity contribution in [2.24, 2.45) is 0 Å². The van der Waals surface area contributed by atoms with Gasteiger partial charge in [0, 0.05) is 50.2 Å². The minimum atomic E-state index is -0.223. The highest BCUT2D eigenvalue weighted by molar-refractivity contribution is 6.35. The Morgan fingerprint density at radius 3 is 2.59 bits per heavy atom. The van der Waals surface area contributed by atoms with Crippen LogP contribution in [0.25, 0.3) is 11.0 Å². The van der Waals surface area contributed by atoms with Gasteiger partial charge in [-0.05, 0) is 31.2 Å². The minimum Gasteiger partial charge on any atom is -0.449 e. The second-order valence-corrected chi connectivity index (χ2v) is 8.16.